The van der Waals surface area contributed by atoms with Gasteiger partial charge in [0.1, 0.15) is 0 Å². The first-order valence-electron chi connectivity index (χ1n) is 9.56. The average Bonchev–Trinajstić information content (AvgIpc) is 3.10. The molecule has 3 nitrogen and oxygen atoms in total. The Kier molecular flexibility index (Phi) is 4.06. The molecule has 0 unspecified atom stereocenters. The fraction of sp³-hybridized carbons (Fsp3) is 0.333. The molecule has 0 atom stereocenters. The third-order valence-corrected chi connectivity index (χ3v) is 5.55. The number of benzene rings is 2. The normalized spacial score (nSPS) is 12.8. The zero-order chi connectivity index (χ0) is 19.2. The van der Waals surface area contributed by atoms with Crippen LogP contribution >= 0.6 is 0 Å². The first kappa shape index (κ1) is 17.7. The molecule has 0 fully saturated rings. The Morgan fingerprint density at radius 3 is 2.44 bits per heavy atom. The van der Waals surface area contributed by atoms with Crippen molar-refractivity contribution in [2.24, 2.45) is 0 Å². The van der Waals surface area contributed by atoms with Crippen molar-refractivity contribution in [2.45, 2.75) is 51.9 Å². The van der Waals surface area contributed by atoms with Crippen LogP contribution in [0.3, 0.4) is 0 Å². The minimum absolute atomic E-state index is 0.0118. The highest BCUT2D eigenvalue weighted by atomic mass is 15.1. The summed E-state index contributed by atoms with van der Waals surface area (Å²) >= 11 is 0. The van der Waals surface area contributed by atoms with Crippen LogP contribution in [0, 0.1) is 0 Å². The summed E-state index contributed by atoms with van der Waals surface area (Å²) in [5, 5.41) is 11.3. The van der Waals surface area contributed by atoms with Gasteiger partial charge in [0.2, 0.25) is 0 Å². The lowest BCUT2D eigenvalue weighted by Gasteiger charge is -2.28. The van der Waals surface area contributed by atoms with E-state index in [1.165, 1.54) is 32.8 Å². The summed E-state index contributed by atoms with van der Waals surface area (Å²) in [6.45, 7) is 11.4. The van der Waals surface area contributed by atoms with Gasteiger partial charge in [-0.05, 0) is 45.4 Å². The molecule has 0 aliphatic heterocycles. The van der Waals surface area contributed by atoms with Gasteiger partial charge < -0.3 is 0 Å². The van der Waals surface area contributed by atoms with Crippen LogP contribution in [0.4, 0.5) is 0 Å². The molecular weight excluding hydrogens is 330 g/mol. The van der Waals surface area contributed by atoms with Crippen LogP contribution in [-0.2, 0) is 17.3 Å². The van der Waals surface area contributed by atoms with E-state index in [1.807, 2.05) is 18.6 Å². The molecule has 0 saturated carbocycles. The number of hydrogen-bond acceptors (Lipinski definition) is 2. The number of aromatic amines is 1. The number of H-pyrrole nitrogens is 1. The first-order chi connectivity index (χ1) is 12.8. The van der Waals surface area contributed by atoms with Gasteiger partial charge in [-0.25, -0.2) is 0 Å². The van der Waals surface area contributed by atoms with Crippen LogP contribution in [-0.4, -0.2) is 15.2 Å². The molecule has 3 heteroatoms. The lowest BCUT2D eigenvalue weighted by molar-refractivity contribution is 0.528. The smallest absolute Gasteiger partial charge is 0.0685 e. The molecule has 2 heterocycles. The van der Waals surface area contributed by atoms with Crippen molar-refractivity contribution in [1.82, 2.24) is 15.2 Å². The molecule has 138 valence electrons. The van der Waals surface area contributed by atoms with Gasteiger partial charge in [0, 0.05) is 23.2 Å². The van der Waals surface area contributed by atoms with Crippen molar-refractivity contribution >= 4 is 21.7 Å². The molecule has 2 aromatic heterocycles. The summed E-state index contributed by atoms with van der Waals surface area (Å²) < 4.78 is 0. The van der Waals surface area contributed by atoms with E-state index in [9.17, 15) is 0 Å². The van der Waals surface area contributed by atoms with E-state index in [0.29, 0.717) is 0 Å². The van der Waals surface area contributed by atoms with Crippen LogP contribution in [0.2, 0.25) is 0 Å². The maximum atomic E-state index is 4.36. The second-order valence-corrected chi connectivity index (χ2v) is 9.14. The van der Waals surface area contributed by atoms with E-state index in [4.69, 9.17) is 0 Å². The van der Waals surface area contributed by atoms with Crippen molar-refractivity contribution in [3.05, 3.63) is 71.7 Å². The second kappa shape index (κ2) is 6.19. The van der Waals surface area contributed by atoms with Crippen molar-refractivity contribution in [3.63, 3.8) is 0 Å². The largest absolute Gasteiger partial charge is 0.278 e. The zero-order valence-electron chi connectivity index (χ0n) is 16.8. The molecule has 0 aliphatic rings. The predicted octanol–water partition coefficient (Wildman–Crippen LogP) is 5.93. The highest BCUT2D eigenvalue weighted by Gasteiger charge is 2.26. The molecule has 1 N–H and O–H groups in total. The molecule has 2 aromatic carbocycles. The lowest BCUT2D eigenvalue weighted by atomic mass is 9.76. The van der Waals surface area contributed by atoms with E-state index in [2.05, 4.69) is 86.2 Å². The SMILES string of the molecule is CC(C)(C)c1ccc(CC(C)(C)c2cccc3cnccc23)c2[nH]ncc12. The van der Waals surface area contributed by atoms with E-state index >= 15 is 0 Å². The quantitative estimate of drug-likeness (QED) is 0.494. The van der Waals surface area contributed by atoms with Gasteiger partial charge in [-0.3, -0.25) is 10.1 Å². The van der Waals surface area contributed by atoms with Crippen LogP contribution in [0.1, 0.15) is 51.3 Å². The van der Waals surface area contributed by atoms with E-state index in [1.54, 1.807) is 0 Å². The van der Waals surface area contributed by atoms with Gasteiger partial charge in [-0.15, -0.1) is 0 Å². The second-order valence-electron chi connectivity index (χ2n) is 9.14. The fourth-order valence-corrected chi connectivity index (χ4v) is 4.18. The molecular formula is C24H27N3. The third kappa shape index (κ3) is 3.12. The Morgan fingerprint density at radius 2 is 1.67 bits per heavy atom. The maximum Gasteiger partial charge on any atom is 0.0685 e. The topological polar surface area (TPSA) is 41.6 Å². The van der Waals surface area contributed by atoms with Crippen molar-refractivity contribution < 1.29 is 0 Å². The first-order valence-corrected chi connectivity index (χ1v) is 9.56. The number of pyridine rings is 1. The number of aromatic nitrogens is 3. The monoisotopic (exact) mass is 357 g/mol. The number of nitrogens with zero attached hydrogens (tertiary/aromatic N) is 2. The molecule has 4 aromatic rings. The molecule has 27 heavy (non-hydrogen) atoms. The van der Waals surface area contributed by atoms with Crippen LogP contribution in [0.25, 0.3) is 21.7 Å². The number of rotatable bonds is 3. The molecule has 4 rings (SSSR count). The molecule has 0 amide bonds. The molecule has 0 spiro atoms. The summed E-state index contributed by atoms with van der Waals surface area (Å²) in [6, 6.07) is 13.2. The Morgan fingerprint density at radius 1 is 0.852 bits per heavy atom. The summed E-state index contributed by atoms with van der Waals surface area (Å²) in [6.07, 6.45) is 6.74. The van der Waals surface area contributed by atoms with Gasteiger partial charge in [-0.1, -0.05) is 65.0 Å². The molecule has 0 radical (unpaired) electrons. The standard InChI is InChI=1S/C24H27N3/c1-23(2,3)20-10-9-16(22-19(20)15-26-27-22)13-24(4,5)21-8-6-7-17-14-25-12-11-18(17)21/h6-12,14-15H,13H2,1-5H3,(H,26,27). The Balaban J connectivity index is 1.81. The van der Waals surface area contributed by atoms with E-state index < -0.39 is 0 Å². The Hall–Kier alpha value is -2.68. The Bertz CT molecular complexity index is 1110. The molecule has 0 saturated heterocycles. The van der Waals surface area contributed by atoms with Crippen LogP contribution in [0.15, 0.2) is 55.0 Å². The van der Waals surface area contributed by atoms with E-state index in [-0.39, 0.29) is 10.8 Å². The lowest BCUT2D eigenvalue weighted by Crippen LogP contribution is -2.21. The minimum atomic E-state index is -0.0118. The van der Waals surface area contributed by atoms with Gasteiger partial charge in [0.25, 0.3) is 0 Å². The summed E-state index contributed by atoms with van der Waals surface area (Å²) in [5.41, 5.74) is 5.25. The minimum Gasteiger partial charge on any atom is -0.278 e. The predicted molar refractivity (Wildman–Crippen MR) is 113 cm³/mol. The average molecular weight is 358 g/mol. The van der Waals surface area contributed by atoms with Crippen molar-refractivity contribution in [1.29, 1.82) is 0 Å². The van der Waals surface area contributed by atoms with Gasteiger partial charge in [0.05, 0.1) is 11.7 Å². The molecule has 0 bridgehead atoms. The van der Waals surface area contributed by atoms with Crippen LogP contribution in [0.5, 0.6) is 0 Å². The van der Waals surface area contributed by atoms with Crippen molar-refractivity contribution in [2.75, 3.05) is 0 Å². The van der Waals surface area contributed by atoms with Gasteiger partial charge in [0.15, 0.2) is 0 Å². The summed E-state index contributed by atoms with van der Waals surface area (Å²) in [4.78, 5) is 4.27. The Labute approximate surface area is 160 Å². The number of nitrogens with one attached hydrogen (secondary N) is 1. The maximum absolute atomic E-state index is 4.36. The van der Waals surface area contributed by atoms with Crippen LogP contribution < -0.4 is 0 Å². The number of fused-ring (bicyclic) bond motifs is 2. The van der Waals surface area contributed by atoms with Crippen molar-refractivity contribution in [3.8, 4) is 0 Å². The van der Waals surface area contributed by atoms with Gasteiger partial charge in [-0.2, -0.15) is 5.10 Å². The molecule has 0 aliphatic carbocycles. The summed E-state index contributed by atoms with van der Waals surface area (Å²) in [5.74, 6) is 0. The number of hydrogen-bond donors (Lipinski definition) is 1. The van der Waals surface area contributed by atoms with Gasteiger partial charge >= 0.3 is 0 Å². The highest BCUT2D eigenvalue weighted by molar-refractivity contribution is 5.87. The zero-order valence-corrected chi connectivity index (χ0v) is 16.8. The fourth-order valence-electron chi connectivity index (χ4n) is 4.18. The summed E-state index contributed by atoms with van der Waals surface area (Å²) in [7, 11) is 0. The van der Waals surface area contributed by atoms with E-state index in [0.717, 1.165) is 11.9 Å². The highest BCUT2D eigenvalue weighted by Crippen LogP contribution is 2.36. The third-order valence-electron chi connectivity index (χ3n) is 5.55.